The van der Waals surface area contributed by atoms with Crippen LogP contribution in [-0.2, 0) is 12.7 Å². The Labute approximate surface area is 107 Å². The number of aromatic nitrogens is 1. The van der Waals surface area contributed by atoms with Crippen LogP contribution in [0.15, 0.2) is 18.2 Å². The van der Waals surface area contributed by atoms with E-state index >= 15 is 0 Å². The van der Waals surface area contributed by atoms with Crippen molar-refractivity contribution in [1.82, 2.24) is 4.57 Å². The Morgan fingerprint density at radius 2 is 2.05 bits per heavy atom. The fourth-order valence-electron chi connectivity index (χ4n) is 2.24. The summed E-state index contributed by atoms with van der Waals surface area (Å²) in [7, 11) is 0. The molecule has 2 rings (SSSR count). The summed E-state index contributed by atoms with van der Waals surface area (Å²) in [4.78, 5) is 2.94. The number of benzene rings is 1. The van der Waals surface area contributed by atoms with Crippen LogP contribution in [0, 0.1) is 13.5 Å². The van der Waals surface area contributed by atoms with Gasteiger partial charge in [-0.3, -0.25) is 0 Å². The van der Waals surface area contributed by atoms with Crippen molar-refractivity contribution in [3.63, 3.8) is 0 Å². The summed E-state index contributed by atoms with van der Waals surface area (Å²) in [6.45, 7) is 8.60. The zero-order valence-corrected chi connectivity index (χ0v) is 10.1. The van der Waals surface area contributed by atoms with E-state index in [0.717, 1.165) is 0 Å². The van der Waals surface area contributed by atoms with Crippen LogP contribution in [0.2, 0.25) is 0 Å². The van der Waals surface area contributed by atoms with E-state index in [4.69, 9.17) is 11.7 Å². The number of nitrogens with zero attached hydrogens (tertiary/aromatic N) is 2. The molecule has 2 aromatic rings. The molecule has 0 aliphatic heterocycles. The number of hydrogen-bond donors (Lipinski definition) is 1. The summed E-state index contributed by atoms with van der Waals surface area (Å²) in [5, 5.41) is 8.97. The first-order valence-electron chi connectivity index (χ1n) is 5.58. The first-order valence-corrected chi connectivity index (χ1v) is 5.58. The lowest BCUT2D eigenvalue weighted by Gasteiger charge is -2.11. The van der Waals surface area contributed by atoms with Gasteiger partial charge in [0.2, 0.25) is 0 Å². The maximum atomic E-state index is 13.1. The van der Waals surface area contributed by atoms with Gasteiger partial charge in [-0.15, -0.1) is 0 Å². The van der Waals surface area contributed by atoms with Crippen LogP contribution in [0.3, 0.4) is 0 Å². The SMILES string of the molecule is [C-]#[N+]c1ccc2c(cc(C)n2CCO)c1C(F)(F)F. The summed E-state index contributed by atoms with van der Waals surface area (Å²) < 4.78 is 40.9. The van der Waals surface area contributed by atoms with Crippen LogP contribution >= 0.6 is 0 Å². The molecular weight excluding hydrogens is 257 g/mol. The van der Waals surface area contributed by atoms with E-state index in [1.807, 2.05) is 0 Å². The molecular formula is C13H11F3N2O. The smallest absolute Gasteiger partial charge is 0.395 e. The molecule has 0 atom stereocenters. The fourth-order valence-corrected chi connectivity index (χ4v) is 2.24. The summed E-state index contributed by atoms with van der Waals surface area (Å²) in [6, 6.07) is 4.06. The third kappa shape index (κ3) is 2.17. The Morgan fingerprint density at radius 1 is 1.37 bits per heavy atom. The number of rotatable bonds is 2. The average molecular weight is 268 g/mol. The van der Waals surface area contributed by atoms with E-state index < -0.39 is 17.4 Å². The van der Waals surface area contributed by atoms with Crippen molar-refractivity contribution in [2.45, 2.75) is 19.6 Å². The second-order valence-electron chi connectivity index (χ2n) is 4.16. The highest BCUT2D eigenvalue weighted by molar-refractivity contribution is 5.90. The van der Waals surface area contributed by atoms with Gasteiger partial charge in [0.05, 0.1) is 18.7 Å². The summed E-state index contributed by atoms with van der Waals surface area (Å²) >= 11 is 0. The Balaban J connectivity index is 2.85. The quantitative estimate of drug-likeness (QED) is 0.830. The van der Waals surface area contributed by atoms with Crippen molar-refractivity contribution < 1.29 is 18.3 Å². The molecule has 0 aliphatic rings. The summed E-state index contributed by atoms with van der Waals surface area (Å²) in [5.74, 6) is 0. The van der Waals surface area contributed by atoms with Crippen molar-refractivity contribution >= 4 is 16.6 Å². The lowest BCUT2D eigenvalue weighted by Crippen LogP contribution is -2.07. The standard InChI is InChI=1S/C13H11F3N2O/c1-8-7-9-11(18(8)5-6-19)4-3-10(17-2)12(9)13(14,15)16/h3-4,7,19H,5-6H2,1H3. The topological polar surface area (TPSA) is 29.5 Å². The molecule has 0 aliphatic carbocycles. The third-order valence-corrected chi connectivity index (χ3v) is 3.00. The predicted octanol–water partition coefficient (Wildman–Crippen LogP) is 3.51. The molecule has 0 radical (unpaired) electrons. The predicted molar refractivity (Wildman–Crippen MR) is 65.0 cm³/mol. The Hall–Kier alpha value is -2.00. The van der Waals surface area contributed by atoms with Gasteiger partial charge in [-0.2, -0.15) is 13.2 Å². The molecule has 1 N–H and O–H groups in total. The minimum Gasteiger partial charge on any atom is -0.395 e. The van der Waals surface area contributed by atoms with Gasteiger partial charge >= 0.3 is 6.18 Å². The maximum Gasteiger partial charge on any atom is 0.408 e. The number of aliphatic hydroxyl groups is 1. The van der Waals surface area contributed by atoms with Gasteiger partial charge in [-0.05, 0) is 19.1 Å². The maximum absolute atomic E-state index is 13.1. The highest BCUT2D eigenvalue weighted by atomic mass is 19.4. The summed E-state index contributed by atoms with van der Waals surface area (Å²) in [6.07, 6.45) is -4.57. The van der Waals surface area contributed by atoms with Crippen molar-refractivity contribution in [2.75, 3.05) is 6.61 Å². The summed E-state index contributed by atoms with van der Waals surface area (Å²) in [5.41, 5.74) is -0.302. The number of halogens is 3. The Morgan fingerprint density at radius 3 is 2.58 bits per heavy atom. The van der Waals surface area contributed by atoms with E-state index in [1.165, 1.54) is 18.2 Å². The molecule has 1 aromatic heterocycles. The second-order valence-corrected chi connectivity index (χ2v) is 4.16. The van der Waals surface area contributed by atoms with Gasteiger partial charge in [-0.1, -0.05) is 6.07 Å². The molecule has 0 unspecified atom stereocenters. The van der Waals surface area contributed by atoms with E-state index in [-0.39, 0.29) is 18.5 Å². The lowest BCUT2D eigenvalue weighted by molar-refractivity contribution is -0.135. The molecule has 0 bridgehead atoms. The third-order valence-electron chi connectivity index (χ3n) is 3.00. The minimum absolute atomic E-state index is 0.00644. The normalized spacial score (nSPS) is 11.8. The van der Waals surface area contributed by atoms with Crippen molar-refractivity contribution in [2.24, 2.45) is 0 Å². The van der Waals surface area contributed by atoms with Crippen LogP contribution in [0.4, 0.5) is 18.9 Å². The van der Waals surface area contributed by atoms with E-state index in [1.54, 1.807) is 11.5 Å². The minimum atomic E-state index is -4.57. The number of aryl methyl sites for hydroxylation is 1. The molecule has 0 amide bonds. The molecule has 6 heteroatoms. The number of aliphatic hydroxyl groups excluding tert-OH is 1. The van der Waals surface area contributed by atoms with E-state index in [9.17, 15) is 13.2 Å². The molecule has 1 aromatic carbocycles. The second kappa shape index (κ2) is 4.59. The Kier molecular flexibility index (Phi) is 3.25. The van der Waals surface area contributed by atoms with Crippen LogP contribution in [0.5, 0.6) is 0 Å². The molecule has 0 fully saturated rings. The molecule has 19 heavy (non-hydrogen) atoms. The molecule has 0 saturated carbocycles. The zero-order valence-electron chi connectivity index (χ0n) is 10.1. The van der Waals surface area contributed by atoms with Crippen molar-refractivity contribution in [3.8, 4) is 0 Å². The molecule has 1 heterocycles. The fraction of sp³-hybridized carbons (Fsp3) is 0.308. The zero-order chi connectivity index (χ0) is 14.2. The lowest BCUT2D eigenvalue weighted by atomic mass is 10.1. The molecule has 3 nitrogen and oxygen atoms in total. The van der Waals surface area contributed by atoms with Gasteiger partial charge in [0.15, 0.2) is 5.69 Å². The van der Waals surface area contributed by atoms with Gasteiger partial charge in [0.25, 0.3) is 0 Å². The average Bonchev–Trinajstić information content (AvgIpc) is 2.63. The van der Waals surface area contributed by atoms with E-state index in [0.29, 0.717) is 11.2 Å². The van der Waals surface area contributed by atoms with Crippen LogP contribution in [0.1, 0.15) is 11.3 Å². The first kappa shape index (κ1) is 13.4. The van der Waals surface area contributed by atoms with Gasteiger partial charge in [-0.25, -0.2) is 4.85 Å². The first-order chi connectivity index (χ1) is 8.90. The van der Waals surface area contributed by atoms with Crippen molar-refractivity contribution in [1.29, 1.82) is 0 Å². The monoisotopic (exact) mass is 268 g/mol. The Bertz CT molecular complexity index is 665. The highest BCUT2D eigenvalue weighted by Gasteiger charge is 2.36. The van der Waals surface area contributed by atoms with Crippen LogP contribution in [0.25, 0.3) is 15.7 Å². The van der Waals surface area contributed by atoms with Crippen LogP contribution in [-0.4, -0.2) is 16.3 Å². The number of hydrogen-bond acceptors (Lipinski definition) is 1. The number of alkyl halides is 3. The largest absolute Gasteiger partial charge is 0.408 e. The van der Waals surface area contributed by atoms with Crippen molar-refractivity contribution in [3.05, 3.63) is 40.9 Å². The van der Waals surface area contributed by atoms with Gasteiger partial charge in [0.1, 0.15) is 0 Å². The van der Waals surface area contributed by atoms with Gasteiger partial charge < -0.3 is 9.67 Å². The highest BCUT2D eigenvalue weighted by Crippen LogP contribution is 2.42. The number of fused-ring (bicyclic) bond motifs is 1. The van der Waals surface area contributed by atoms with Gasteiger partial charge in [0, 0.05) is 23.1 Å². The molecule has 0 saturated heterocycles. The molecule has 100 valence electrons. The van der Waals surface area contributed by atoms with Crippen LogP contribution < -0.4 is 0 Å². The molecule has 0 spiro atoms. The van der Waals surface area contributed by atoms with E-state index in [2.05, 4.69) is 4.85 Å².